The first-order valence-corrected chi connectivity index (χ1v) is 11.5. The summed E-state index contributed by atoms with van der Waals surface area (Å²) in [5.74, 6) is -0.0928. The van der Waals surface area contributed by atoms with E-state index in [4.69, 9.17) is 0 Å². The van der Waals surface area contributed by atoms with Gasteiger partial charge >= 0.3 is 0 Å². The van der Waals surface area contributed by atoms with E-state index in [0.717, 1.165) is 52.4 Å². The zero-order valence-electron chi connectivity index (χ0n) is 18.1. The fraction of sp³-hybridized carbons (Fsp3) is 0.440. The number of rotatable bonds is 7. The van der Waals surface area contributed by atoms with E-state index < -0.39 is 6.04 Å². The van der Waals surface area contributed by atoms with Crippen LogP contribution in [0.25, 0.3) is 0 Å². The zero-order chi connectivity index (χ0) is 21.7. The summed E-state index contributed by atoms with van der Waals surface area (Å²) in [6.45, 7) is 6.33. The quantitative estimate of drug-likeness (QED) is 0.612. The second-order valence-electron chi connectivity index (χ2n) is 8.49. The Kier molecular flexibility index (Phi) is 7.70. The van der Waals surface area contributed by atoms with Crippen LogP contribution in [0.2, 0.25) is 0 Å². The van der Waals surface area contributed by atoms with Crippen molar-refractivity contribution in [2.45, 2.75) is 71.5 Å². The molecule has 1 fully saturated rings. The zero-order valence-corrected chi connectivity index (χ0v) is 19.7. The van der Waals surface area contributed by atoms with Crippen LogP contribution in [-0.2, 0) is 22.6 Å². The van der Waals surface area contributed by atoms with Crippen molar-refractivity contribution in [1.82, 2.24) is 10.2 Å². The van der Waals surface area contributed by atoms with Gasteiger partial charge in [0.15, 0.2) is 0 Å². The van der Waals surface area contributed by atoms with Crippen molar-refractivity contribution in [3.8, 4) is 0 Å². The van der Waals surface area contributed by atoms with Crippen molar-refractivity contribution in [3.63, 3.8) is 0 Å². The van der Waals surface area contributed by atoms with Crippen molar-refractivity contribution in [1.29, 1.82) is 0 Å². The van der Waals surface area contributed by atoms with Crippen LogP contribution in [-0.4, -0.2) is 28.8 Å². The SMILES string of the molecule is Cc1cc(C)cc(CC(=O)N(Cc2ccc(Br)cc2)[C@H](C)C(=O)NC2CCCC2)c1. The molecule has 0 heterocycles. The highest BCUT2D eigenvalue weighted by molar-refractivity contribution is 9.10. The van der Waals surface area contributed by atoms with E-state index in [-0.39, 0.29) is 17.9 Å². The molecule has 5 heteroatoms. The van der Waals surface area contributed by atoms with Crippen LogP contribution in [0.4, 0.5) is 0 Å². The summed E-state index contributed by atoms with van der Waals surface area (Å²) in [7, 11) is 0. The normalized spacial score (nSPS) is 15.1. The van der Waals surface area contributed by atoms with Gasteiger partial charge in [-0.15, -0.1) is 0 Å². The highest BCUT2D eigenvalue weighted by atomic mass is 79.9. The molecular weight excluding hydrogens is 440 g/mol. The Morgan fingerprint density at radius 3 is 2.23 bits per heavy atom. The van der Waals surface area contributed by atoms with Gasteiger partial charge in [-0.25, -0.2) is 0 Å². The maximum absolute atomic E-state index is 13.3. The molecule has 0 bridgehead atoms. The summed E-state index contributed by atoms with van der Waals surface area (Å²) < 4.78 is 0.992. The maximum atomic E-state index is 13.3. The van der Waals surface area contributed by atoms with Gasteiger partial charge in [0.2, 0.25) is 11.8 Å². The third kappa shape index (κ3) is 6.18. The maximum Gasteiger partial charge on any atom is 0.242 e. The van der Waals surface area contributed by atoms with E-state index in [1.807, 2.05) is 57.2 Å². The summed E-state index contributed by atoms with van der Waals surface area (Å²) in [5, 5.41) is 3.15. The predicted molar refractivity (Wildman–Crippen MR) is 124 cm³/mol. The Hall–Kier alpha value is -2.14. The topological polar surface area (TPSA) is 49.4 Å². The largest absolute Gasteiger partial charge is 0.352 e. The average molecular weight is 471 g/mol. The lowest BCUT2D eigenvalue weighted by molar-refractivity contribution is -0.140. The van der Waals surface area contributed by atoms with Crippen molar-refractivity contribution in [2.24, 2.45) is 0 Å². The van der Waals surface area contributed by atoms with Crippen LogP contribution in [0.1, 0.15) is 54.9 Å². The van der Waals surface area contributed by atoms with Crippen molar-refractivity contribution >= 4 is 27.7 Å². The number of carbonyl (C=O) groups is 2. The summed E-state index contributed by atoms with van der Waals surface area (Å²) in [6.07, 6.45) is 4.67. The Bertz CT molecular complexity index is 868. The summed E-state index contributed by atoms with van der Waals surface area (Å²) in [6, 6.07) is 13.8. The Morgan fingerprint density at radius 2 is 1.63 bits per heavy atom. The molecule has 2 amide bonds. The molecule has 1 aliphatic rings. The number of nitrogens with one attached hydrogen (secondary N) is 1. The van der Waals surface area contributed by atoms with Gasteiger partial charge in [0.25, 0.3) is 0 Å². The molecule has 4 nitrogen and oxygen atoms in total. The number of benzene rings is 2. The lowest BCUT2D eigenvalue weighted by atomic mass is 10.0. The van der Waals surface area contributed by atoms with Crippen LogP contribution in [0.5, 0.6) is 0 Å². The molecule has 2 aromatic carbocycles. The lowest BCUT2D eigenvalue weighted by Crippen LogP contribution is -2.50. The molecule has 3 rings (SSSR count). The number of hydrogen-bond donors (Lipinski definition) is 1. The Labute approximate surface area is 188 Å². The lowest BCUT2D eigenvalue weighted by Gasteiger charge is -2.30. The minimum absolute atomic E-state index is 0.0306. The average Bonchev–Trinajstić information content (AvgIpc) is 3.19. The van der Waals surface area contributed by atoms with Crippen LogP contribution >= 0.6 is 15.9 Å². The molecule has 160 valence electrons. The monoisotopic (exact) mass is 470 g/mol. The summed E-state index contributed by atoms with van der Waals surface area (Å²) in [4.78, 5) is 28.0. The predicted octanol–water partition coefficient (Wildman–Crippen LogP) is 5.08. The molecule has 0 aromatic heterocycles. The standard InChI is InChI=1S/C25H31BrN2O2/c1-17-12-18(2)14-21(13-17)15-24(29)28(16-20-8-10-22(26)11-9-20)19(3)25(30)27-23-6-4-5-7-23/h8-14,19,23H,4-7,15-16H2,1-3H3,(H,27,30)/t19-/m1/s1. The van der Waals surface area contributed by atoms with Gasteiger partial charge in [-0.05, 0) is 56.9 Å². The molecule has 1 aliphatic carbocycles. The van der Waals surface area contributed by atoms with E-state index >= 15 is 0 Å². The number of carbonyl (C=O) groups excluding carboxylic acids is 2. The van der Waals surface area contributed by atoms with Crippen molar-refractivity contribution < 1.29 is 9.59 Å². The molecule has 30 heavy (non-hydrogen) atoms. The van der Waals surface area contributed by atoms with Crippen LogP contribution in [0.15, 0.2) is 46.9 Å². The number of amides is 2. The molecule has 0 aliphatic heterocycles. The molecule has 1 atom stereocenters. The molecule has 0 saturated heterocycles. The second kappa shape index (κ2) is 10.3. The van der Waals surface area contributed by atoms with E-state index in [2.05, 4.69) is 27.3 Å². The molecule has 1 N–H and O–H groups in total. The smallest absolute Gasteiger partial charge is 0.242 e. The van der Waals surface area contributed by atoms with Crippen LogP contribution < -0.4 is 5.32 Å². The minimum Gasteiger partial charge on any atom is -0.352 e. The van der Waals surface area contributed by atoms with E-state index in [1.54, 1.807) is 4.90 Å². The van der Waals surface area contributed by atoms with Crippen LogP contribution in [0, 0.1) is 13.8 Å². The summed E-state index contributed by atoms with van der Waals surface area (Å²) >= 11 is 3.45. The number of aryl methyl sites for hydroxylation is 2. The first-order valence-electron chi connectivity index (χ1n) is 10.7. The molecule has 1 saturated carbocycles. The minimum atomic E-state index is -0.521. The van der Waals surface area contributed by atoms with Gasteiger partial charge < -0.3 is 10.2 Å². The highest BCUT2D eigenvalue weighted by Gasteiger charge is 2.28. The molecule has 0 radical (unpaired) electrons. The third-order valence-electron chi connectivity index (χ3n) is 5.77. The summed E-state index contributed by atoms with van der Waals surface area (Å²) in [5.41, 5.74) is 4.28. The first kappa shape index (κ1) is 22.5. The van der Waals surface area contributed by atoms with Gasteiger partial charge in [-0.1, -0.05) is 70.2 Å². The van der Waals surface area contributed by atoms with Crippen molar-refractivity contribution in [3.05, 3.63) is 69.2 Å². The highest BCUT2D eigenvalue weighted by Crippen LogP contribution is 2.20. The Morgan fingerprint density at radius 1 is 1.03 bits per heavy atom. The van der Waals surface area contributed by atoms with Crippen molar-refractivity contribution in [2.75, 3.05) is 0 Å². The van der Waals surface area contributed by atoms with Gasteiger partial charge in [0.1, 0.15) is 6.04 Å². The molecule has 0 unspecified atom stereocenters. The van der Waals surface area contributed by atoms with E-state index in [9.17, 15) is 9.59 Å². The number of nitrogens with zero attached hydrogens (tertiary/aromatic N) is 1. The van der Waals surface area contributed by atoms with E-state index in [0.29, 0.717) is 13.0 Å². The van der Waals surface area contributed by atoms with Crippen LogP contribution in [0.3, 0.4) is 0 Å². The van der Waals surface area contributed by atoms with Gasteiger partial charge in [0.05, 0.1) is 6.42 Å². The second-order valence-corrected chi connectivity index (χ2v) is 9.40. The molecular formula is C25H31BrN2O2. The number of hydrogen-bond acceptors (Lipinski definition) is 2. The first-order chi connectivity index (χ1) is 14.3. The molecule has 2 aromatic rings. The van der Waals surface area contributed by atoms with Gasteiger partial charge in [0, 0.05) is 17.1 Å². The Balaban J connectivity index is 1.78. The fourth-order valence-corrected chi connectivity index (χ4v) is 4.47. The van der Waals surface area contributed by atoms with Gasteiger partial charge in [-0.2, -0.15) is 0 Å². The third-order valence-corrected chi connectivity index (χ3v) is 6.30. The molecule has 0 spiro atoms. The van der Waals surface area contributed by atoms with Gasteiger partial charge in [-0.3, -0.25) is 9.59 Å². The number of halogens is 1. The fourth-order valence-electron chi connectivity index (χ4n) is 4.21. The van der Waals surface area contributed by atoms with E-state index in [1.165, 1.54) is 0 Å².